The molecule has 0 N–H and O–H groups in total. The lowest BCUT2D eigenvalue weighted by Gasteiger charge is -2.33. The normalized spacial score (nSPS) is 15.1. The van der Waals surface area contributed by atoms with E-state index < -0.39 is 22.1 Å². The molecule has 0 fully saturated rings. The van der Waals surface area contributed by atoms with Crippen molar-refractivity contribution in [2.75, 3.05) is 29.9 Å². The zero-order chi connectivity index (χ0) is 24.3. The largest absolute Gasteiger partial charge is 0.475 e. The number of esters is 1. The molecule has 1 unspecified atom stereocenters. The van der Waals surface area contributed by atoms with Crippen molar-refractivity contribution in [1.82, 2.24) is 0 Å². The molecule has 34 heavy (non-hydrogen) atoms. The summed E-state index contributed by atoms with van der Waals surface area (Å²) in [5.74, 6) is -0.345. The number of para-hydroxylation sites is 2. The Hall–Kier alpha value is -3.85. The number of rotatable bonds is 6. The summed E-state index contributed by atoms with van der Waals surface area (Å²) in [7, 11) is -0.936. The number of nitrogens with zero attached hydrogens (tertiary/aromatic N) is 2. The van der Waals surface area contributed by atoms with E-state index in [1.807, 2.05) is 0 Å². The molecule has 9 heteroatoms. The summed E-state index contributed by atoms with van der Waals surface area (Å²) in [4.78, 5) is 26.9. The van der Waals surface area contributed by atoms with Gasteiger partial charge in [-0.05, 0) is 42.0 Å². The highest BCUT2D eigenvalue weighted by atomic mass is 32.2. The Morgan fingerprint density at radius 2 is 1.65 bits per heavy atom. The lowest BCUT2D eigenvalue weighted by atomic mass is 10.1. The molecule has 1 atom stereocenters. The Morgan fingerprint density at radius 1 is 1.00 bits per heavy atom. The predicted octanol–water partition coefficient (Wildman–Crippen LogP) is 3.02. The van der Waals surface area contributed by atoms with Gasteiger partial charge in [-0.3, -0.25) is 9.10 Å². The van der Waals surface area contributed by atoms with E-state index in [9.17, 15) is 18.0 Å². The number of hydrogen-bond acceptors (Lipinski definition) is 6. The summed E-state index contributed by atoms with van der Waals surface area (Å²) >= 11 is 0. The highest BCUT2D eigenvalue weighted by Crippen LogP contribution is 2.34. The number of amides is 1. The van der Waals surface area contributed by atoms with Crippen LogP contribution in [0.1, 0.15) is 5.56 Å². The lowest BCUT2D eigenvalue weighted by Crippen LogP contribution is -2.48. The van der Waals surface area contributed by atoms with Crippen molar-refractivity contribution >= 4 is 33.3 Å². The third-order valence-corrected chi connectivity index (χ3v) is 7.40. The molecule has 4 rings (SSSR count). The second kappa shape index (κ2) is 9.56. The molecule has 8 nitrogen and oxygen atoms in total. The van der Waals surface area contributed by atoms with Crippen molar-refractivity contribution in [3.05, 3.63) is 84.4 Å². The summed E-state index contributed by atoms with van der Waals surface area (Å²) in [6, 6.07) is 21.9. The molecule has 1 heterocycles. The highest BCUT2D eigenvalue weighted by Gasteiger charge is 2.34. The number of carbonyl (C=O) groups excluding carboxylic acids is 2. The van der Waals surface area contributed by atoms with Gasteiger partial charge in [0.1, 0.15) is 5.75 Å². The Labute approximate surface area is 198 Å². The molecule has 3 aromatic rings. The molecule has 3 aromatic carbocycles. The highest BCUT2D eigenvalue weighted by molar-refractivity contribution is 7.92. The molecule has 176 valence electrons. The van der Waals surface area contributed by atoms with Gasteiger partial charge >= 0.3 is 5.97 Å². The van der Waals surface area contributed by atoms with Crippen LogP contribution in [0.4, 0.5) is 11.4 Å². The molecular formula is C25H24N2O6S. The standard InChI is InChI=1S/C25H24N2O6S/c1-26(34(30,31)20-8-4-3-5-9-20)19-14-12-18(13-15-19)16-24(28)27-17-23(25(29)32-2)33-22-11-7-6-10-21(22)27/h3-15,23H,16-17H2,1-2H3. The van der Waals surface area contributed by atoms with Crippen LogP contribution in [0.5, 0.6) is 5.75 Å². The summed E-state index contributed by atoms with van der Waals surface area (Å²) < 4.78 is 37.4. The first-order chi connectivity index (χ1) is 16.3. The van der Waals surface area contributed by atoms with Crippen LogP contribution in [0.3, 0.4) is 0 Å². The minimum absolute atomic E-state index is 0.0403. The quantitative estimate of drug-likeness (QED) is 0.504. The van der Waals surface area contributed by atoms with Gasteiger partial charge in [-0.2, -0.15) is 0 Å². The molecule has 0 saturated carbocycles. The van der Waals surface area contributed by atoms with E-state index in [0.29, 0.717) is 22.7 Å². The molecule has 0 spiro atoms. The fraction of sp³-hybridized carbons (Fsp3) is 0.200. The second-order valence-corrected chi connectivity index (χ2v) is 9.70. The molecule has 0 aliphatic carbocycles. The van der Waals surface area contributed by atoms with Crippen LogP contribution in [-0.4, -0.2) is 47.1 Å². The molecule has 0 radical (unpaired) electrons. The minimum Gasteiger partial charge on any atom is -0.475 e. The van der Waals surface area contributed by atoms with Crippen molar-refractivity contribution in [2.24, 2.45) is 0 Å². The van der Waals surface area contributed by atoms with E-state index in [4.69, 9.17) is 9.47 Å². The van der Waals surface area contributed by atoms with Crippen LogP contribution in [-0.2, 0) is 30.8 Å². The van der Waals surface area contributed by atoms with Crippen molar-refractivity contribution in [2.45, 2.75) is 17.4 Å². The Bertz CT molecular complexity index is 1290. The number of benzene rings is 3. The summed E-state index contributed by atoms with van der Waals surface area (Å²) in [6.45, 7) is 0.0403. The van der Waals surface area contributed by atoms with Crippen LogP contribution in [0, 0.1) is 0 Å². The number of fused-ring (bicyclic) bond motifs is 1. The van der Waals surface area contributed by atoms with Crippen molar-refractivity contribution in [3.8, 4) is 5.75 Å². The summed E-state index contributed by atoms with van der Waals surface area (Å²) in [6.07, 6.45) is -0.847. The number of methoxy groups -OCH3 is 1. The maximum atomic E-state index is 13.2. The zero-order valence-electron chi connectivity index (χ0n) is 18.7. The molecule has 0 bridgehead atoms. The third kappa shape index (κ3) is 4.60. The molecule has 1 aliphatic rings. The SMILES string of the molecule is COC(=O)C1CN(C(=O)Cc2ccc(N(C)S(=O)(=O)c3ccccc3)cc2)c2ccccc2O1. The molecule has 0 saturated heterocycles. The summed E-state index contributed by atoms with van der Waals surface area (Å²) in [5, 5.41) is 0. The van der Waals surface area contributed by atoms with Crippen LogP contribution >= 0.6 is 0 Å². The van der Waals surface area contributed by atoms with E-state index in [1.165, 1.54) is 23.4 Å². The maximum absolute atomic E-state index is 13.2. The van der Waals surface area contributed by atoms with Crippen LogP contribution < -0.4 is 13.9 Å². The van der Waals surface area contributed by atoms with Gasteiger partial charge in [0.15, 0.2) is 0 Å². The lowest BCUT2D eigenvalue weighted by molar-refractivity contribution is -0.148. The molecule has 0 aromatic heterocycles. The van der Waals surface area contributed by atoms with Gasteiger partial charge in [0.2, 0.25) is 12.0 Å². The average Bonchev–Trinajstić information content (AvgIpc) is 2.88. The third-order valence-electron chi connectivity index (χ3n) is 5.60. The second-order valence-electron chi connectivity index (χ2n) is 7.73. The Balaban J connectivity index is 1.51. The first-order valence-electron chi connectivity index (χ1n) is 10.6. The van der Waals surface area contributed by atoms with Gasteiger partial charge in [-0.15, -0.1) is 0 Å². The Morgan fingerprint density at radius 3 is 2.32 bits per heavy atom. The van der Waals surface area contributed by atoms with Crippen LogP contribution in [0.2, 0.25) is 0 Å². The topological polar surface area (TPSA) is 93.2 Å². The number of hydrogen-bond donors (Lipinski definition) is 0. The van der Waals surface area contributed by atoms with Crippen LogP contribution in [0.25, 0.3) is 0 Å². The zero-order valence-corrected chi connectivity index (χ0v) is 19.6. The monoisotopic (exact) mass is 480 g/mol. The number of anilines is 2. The number of carbonyl (C=O) groups is 2. The van der Waals surface area contributed by atoms with Gasteiger partial charge < -0.3 is 14.4 Å². The maximum Gasteiger partial charge on any atom is 0.348 e. The van der Waals surface area contributed by atoms with Gasteiger partial charge in [-0.25, -0.2) is 13.2 Å². The Kier molecular flexibility index (Phi) is 6.56. The van der Waals surface area contributed by atoms with Gasteiger partial charge in [0.25, 0.3) is 10.0 Å². The van der Waals surface area contributed by atoms with Crippen molar-refractivity contribution in [3.63, 3.8) is 0 Å². The fourth-order valence-electron chi connectivity index (χ4n) is 3.71. The fourth-order valence-corrected chi connectivity index (χ4v) is 4.92. The number of ether oxygens (including phenoxy) is 2. The van der Waals surface area contributed by atoms with Crippen LogP contribution in [0.15, 0.2) is 83.8 Å². The predicted molar refractivity (Wildman–Crippen MR) is 127 cm³/mol. The van der Waals surface area contributed by atoms with Gasteiger partial charge in [-0.1, -0.05) is 42.5 Å². The van der Waals surface area contributed by atoms with E-state index in [1.54, 1.807) is 78.9 Å². The first kappa shape index (κ1) is 23.3. The summed E-state index contributed by atoms with van der Waals surface area (Å²) in [5.41, 5.74) is 1.76. The molecule has 1 aliphatic heterocycles. The molecule has 1 amide bonds. The van der Waals surface area contributed by atoms with E-state index >= 15 is 0 Å². The average molecular weight is 481 g/mol. The minimum atomic E-state index is -3.69. The van der Waals surface area contributed by atoms with Gasteiger partial charge in [0, 0.05) is 7.05 Å². The van der Waals surface area contributed by atoms with Gasteiger partial charge in [0.05, 0.1) is 36.3 Å². The van der Waals surface area contributed by atoms with E-state index in [2.05, 4.69) is 0 Å². The number of sulfonamides is 1. The van der Waals surface area contributed by atoms with E-state index in [0.717, 1.165) is 0 Å². The van der Waals surface area contributed by atoms with Crippen molar-refractivity contribution < 1.29 is 27.5 Å². The molecular weight excluding hydrogens is 456 g/mol. The smallest absolute Gasteiger partial charge is 0.348 e. The van der Waals surface area contributed by atoms with E-state index in [-0.39, 0.29) is 23.8 Å². The van der Waals surface area contributed by atoms with Crippen molar-refractivity contribution in [1.29, 1.82) is 0 Å². The first-order valence-corrected chi connectivity index (χ1v) is 12.0.